The molecular formula is C31H36FN9O5S. The van der Waals surface area contributed by atoms with E-state index in [1.807, 2.05) is 33.0 Å². The first-order valence-electron chi connectivity index (χ1n) is 15.0. The highest BCUT2D eigenvalue weighted by molar-refractivity contribution is 7.90. The zero-order valence-corrected chi connectivity index (χ0v) is 27.6. The number of anilines is 2. The smallest absolute Gasteiger partial charge is 0.410 e. The van der Waals surface area contributed by atoms with Gasteiger partial charge in [0.15, 0.2) is 17.4 Å². The molecule has 2 aromatic heterocycles. The van der Waals surface area contributed by atoms with Gasteiger partial charge >= 0.3 is 16.3 Å². The second-order valence-electron chi connectivity index (χ2n) is 11.9. The van der Waals surface area contributed by atoms with Crippen LogP contribution in [0.2, 0.25) is 0 Å². The number of fused-ring (bicyclic) bond motifs is 1. The molecule has 1 N–H and O–H groups in total. The van der Waals surface area contributed by atoms with Crippen molar-refractivity contribution in [3.63, 3.8) is 0 Å². The topological polar surface area (TPSA) is 159 Å². The number of nitriles is 1. The zero-order chi connectivity index (χ0) is 33.9. The first-order valence-corrected chi connectivity index (χ1v) is 16.4. The minimum atomic E-state index is -3.97. The van der Waals surface area contributed by atoms with E-state index in [0.29, 0.717) is 36.5 Å². The quantitative estimate of drug-likeness (QED) is 0.280. The first-order chi connectivity index (χ1) is 22.3. The molecule has 0 saturated carbocycles. The molecule has 16 heteroatoms. The van der Waals surface area contributed by atoms with Crippen molar-refractivity contribution < 1.29 is 27.1 Å². The number of nitrogens with one attached hydrogen (secondary N) is 1. The van der Waals surface area contributed by atoms with Gasteiger partial charge in [0.05, 0.1) is 41.0 Å². The van der Waals surface area contributed by atoms with Crippen LogP contribution in [0.5, 0.6) is 11.5 Å². The first kappa shape index (κ1) is 33.4. The molecule has 14 nitrogen and oxygen atoms in total. The largest absolute Gasteiger partial charge is 0.453 e. The Morgan fingerprint density at radius 3 is 2.64 bits per heavy atom. The number of nitrogens with zero attached hydrogens (tertiary/aromatic N) is 8. The molecule has 1 saturated heterocycles. The molecule has 4 aromatic rings. The normalized spacial score (nSPS) is 14.2. The Balaban J connectivity index is 1.35. The minimum absolute atomic E-state index is 0.122. The van der Waals surface area contributed by atoms with Gasteiger partial charge in [-0.05, 0) is 51.5 Å². The zero-order valence-electron chi connectivity index (χ0n) is 26.8. The van der Waals surface area contributed by atoms with Crippen LogP contribution in [0.4, 0.5) is 20.6 Å². The summed E-state index contributed by atoms with van der Waals surface area (Å²) in [6, 6.07) is 8.75. The molecule has 0 unspecified atom stereocenters. The van der Waals surface area contributed by atoms with Gasteiger partial charge in [-0.3, -0.25) is 9.71 Å². The number of carbonyl (C=O) groups is 1. The van der Waals surface area contributed by atoms with E-state index < -0.39 is 27.4 Å². The highest BCUT2D eigenvalue weighted by Gasteiger charge is 2.26. The summed E-state index contributed by atoms with van der Waals surface area (Å²) in [6.45, 7) is 9.82. The Hall–Kier alpha value is -5.01. The molecule has 0 radical (unpaired) electrons. The monoisotopic (exact) mass is 665 g/mol. The number of hydrogen-bond acceptors (Lipinski definition) is 10. The molecule has 0 spiro atoms. The molecule has 1 fully saturated rings. The number of amides is 1. The van der Waals surface area contributed by atoms with E-state index in [1.165, 1.54) is 13.1 Å². The van der Waals surface area contributed by atoms with Crippen LogP contribution in [0.1, 0.15) is 39.7 Å². The van der Waals surface area contributed by atoms with Crippen LogP contribution < -0.4 is 14.4 Å². The molecule has 3 heterocycles. The Morgan fingerprint density at radius 1 is 1.13 bits per heavy atom. The third-order valence-electron chi connectivity index (χ3n) is 7.35. The Bertz CT molecular complexity index is 1940. The highest BCUT2D eigenvalue weighted by atomic mass is 32.2. The summed E-state index contributed by atoms with van der Waals surface area (Å²) < 4.78 is 56.3. The van der Waals surface area contributed by atoms with Gasteiger partial charge in [-0.2, -0.15) is 23.1 Å². The third kappa shape index (κ3) is 7.69. The van der Waals surface area contributed by atoms with Crippen LogP contribution >= 0.6 is 0 Å². The Labute approximate surface area is 272 Å². The molecule has 1 aliphatic rings. The summed E-state index contributed by atoms with van der Waals surface area (Å²) in [5.74, 6) is -0.702. The average molecular weight is 666 g/mol. The predicted molar refractivity (Wildman–Crippen MR) is 173 cm³/mol. The molecule has 248 valence electrons. The maximum Gasteiger partial charge on any atom is 0.410 e. The van der Waals surface area contributed by atoms with Gasteiger partial charge in [0.1, 0.15) is 23.0 Å². The van der Waals surface area contributed by atoms with Crippen LogP contribution in [0.25, 0.3) is 16.9 Å². The van der Waals surface area contributed by atoms with Crippen molar-refractivity contribution in [3.8, 4) is 23.4 Å². The van der Waals surface area contributed by atoms with E-state index in [0.717, 1.165) is 29.0 Å². The summed E-state index contributed by atoms with van der Waals surface area (Å²) in [4.78, 5) is 25.6. The SMILES string of the molecule is CCN(C)S(=O)(=O)Nc1ccc(F)c(Oc2ccc3ncc(-n4cc(N5CCCN(C(=O)OC(C)(C)C)CC5)cn4)nc3c2)c1C#N. The molecule has 47 heavy (non-hydrogen) atoms. The maximum absolute atomic E-state index is 14.9. The van der Waals surface area contributed by atoms with Crippen molar-refractivity contribution in [2.24, 2.45) is 0 Å². The molecule has 1 aliphatic heterocycles. The number of halogens is 1. The van der Waals surface area contributed by atoms with Crippen LogP contribution in [-0.2, 0) is 14.9 Å². The van der Waals surface area contributed by atoms with E-state index in [1.54, 1.807) is 47.1 Å². The number of hydrogen-bond donors (Lipinski definition) is 1. The fourth-order valence-electron chi connectivity index (χ4n) is 4.80. The standard InChI is InChI=1S/C31H36FN9O5S/c1-6-38(5)47(43,44)37-25-11-9-24(32)29(23(25)17-33)45-22-8-10-26-27(16-22)36-28(19-34-26)41-20-21(18-35-41)39-12-7-13-40(15-14-39)30(42)46-31(2,3)4/h8-11,16,18-20,37H,6-7,12-15H2,1-5H3. The molecule has 0 atom stereocenters. The van der Waals surface area contributed by atoms with Crippen LogP contribution in [0.3, 0.4) is 0 Å². The van der Waals surface area contributed by atoms with Crippen molar-refractivity contribution in [2.75, 3.05) is 49.4 Å². The summed E-state index contributed by atoms with van der Waals surface area (Å²) in [5.41, 5.74) is 0.810. The maximum atomic E-state index is 14.9. The average Bonchev–Trinajstić information content (AvgIpc) is 3.38. The van der Waals surface area contributed by atoms with Gasteiger partial charge in [0, 0.05) is 45.8 Å². The fraction of sp³-hybridized carbons (Fsp3) is 0.387. The summed E-state index contributed by atoms with van der Waals surface area (Å²) in [6.07, 6.45) is 5.56. The van der Waals surface area contributed by atoms with Gasteiger partial charge < -0.3 is 19.3 Å². The lowest BCUT2D eigenvalue weighted by molar-refractivity contribution is 0.0263. The van der Waals surface area contributed by atoms with Crippen LogP contribution in [0.15, 0.2) is 48.9 Å². The van der Waals surface area contributed by atoms with E-state index >= 15 is 0 Å². The Kier molecular flexibility index (Phi) is 9.50. The Morgan fingerprint density at radius 2 is 1.91 bits per heavy atom. The summed E-state index contributed by atoms with van der Waals surface area (Å²) in [7, 11) is -2.60. The van der Waals surface area contributed by atoms with Crippen LogP contribution in [0, 0.1) is 17.1 Å². The molecule has 0 bridgehead atoms. The number of carbonyl (C=O) groups excluding carboxylic acids is 1. The van der Waals surface area contributed by atoms with Gasteiger partial charge in [-0.25, -0.2) is 18.9 Å². The molecule has 5 rings (SSSR count). The lowest BCUT2D eigenvalue weighted by Crippen LogP contribution is -2.39. The van der Waals surface area contributed by atoms with Gasteiger partial charge in [0.25, 0.3) is 0 Å². The van der Waals surface area contributed by atoms with Crippen molar-refractivity contribution in [3.05, 3.63) is 60.3 Å². The van der Waals surface area contributed by atoms with Gasteiger partial charge in [-0.1, -0.05) is 6.92 Å². The number of rotatable bonds is 8. The summed E-state index contributed by atoms with van der Waals surface area (Å²) >= 11 is 0. The molecule has 2 aromatic carbocycles. The third-order valence-corrected chi connectivity index (χ3v) is 8.91. The van der Waals surface area contributed by atoms with E-state index in [2.05, 4.69) is 24.7 Å². The van der Waals surface area contributed by atoms with Gasteiger partial charge in [0.2, 0.25) is 0 Å². The summed E-state index contributed by atoms with van der Waals surface area (Å²) in [5, 5.41) is 14.3. The second kappa shape index (κ2) is 13.4. The van der Waals surface area contributed by atoms with E-state index in [9.17, 15) is 22.9 Å². The number of ether oxygens (including phenoxy) is 2. The number of aromatic nitrogens is 4. The fourth-order valence-corrected chi connectivity index (χ4v) is 5.74. The van der Waals surface area contributed by atoms with Crippen molar-refractivity contribution in [1.29, 1.82) is 5.26 Å². The van der Waals surface area contributed by atoms with E-state index in [4.69, 9.17) is 9.47 Å². The van der Waals surface area contributed by atoms with Crippen molar-refractivity contribution in [1.82, 2.24) is 29.0 Å². The highest BCUT2D eigenvalue weighted by Crippen LogP contribution is 2.34. The lowest BCUT2D eigenvalue weighted by atomic mass is 10.1. The predicted octanol–water partition coefficient (Wildman–Crippen LogP) is 4.67. The molecular weight excluding hydrogens is 629 g/mol. The van der Waals surface area contributed by atoms with Crippen LogP contribution in [-0.4, -0.2) is 88.8 Å². The molecule has 0 aliphatic carbocycles. The van der Waals surface area contributed by atoms with E-state index in [-0.39, 0.29) is 29.6 Å². The van der Waals surface area contributed by atoms with Crippen molar-refractivity contribution in [2.45, 2.75) is 39.7 Å². The second-order valence-corrected chi connectivity index (χ2v) is 13.6. The number of benzene rings is 2. The minimum Gasteiger partial charge on any atom is -0.453 e. The van der Waals surface area contributed by atoms with Gasteiger partial charge in [-0.15, -0.1) is 0 Å². The molecule has 1 amide bonds. The van der Waals surface area contributed by atoms with Crippen molar-refractivity contribution >= 4 is 38.7 Å². The lowest BCUT2D eigenvalue weighted by Gasteiger charge is -2.26.